The van der Waals surface area contributed by atoms with Crippen molar-refractivity contribution in [3.05, 3.63) is 30.6 Å². The minimum Gasteiger partial charge on any atom is -0.325 e. The number of anilines is 1. The van der Waals surface area contributed by atoms with Crippen LogP contribution in [0.5, 0.6) is 0 Å². The summed E-state index contributed by atoms with van der Waals surface area (Å²) in [5.41, 5.74) is 0.558. The Balaban J connectivity index is 1.59. The van der Waals surface area contributed by atoms with Gasteiger partial charge >= 0.3 is 0 Å². The summed E-state index contributed by atoms with van der Waals surface area (Å²) < 4.78 is 28.9. The monoisotopic (exact) mass is 423 g/mol. The average molecular weight is 424 g/mol. The topological polar surface area (TPSA) is 97.2 Å². The summed E-state index contributed by atoms with van der Waals surface area (Å²) in [6.07, 6.45) is 6.71. The lowest BCUT2D eigenvalue weighted by Gasteiger charge is -2.30. The molecule has 0 spiro atoms. The predicted molar refractivity (Wildman–Crippen MR) is 109 cm³/mol. The van der Waals surface area contributed by atoms with Crippen molar-refractivity contribution < 1.29 is 13.2 Å². The largest absolute Gasteiger partial charge is 0.325 e. The van der Waals surface area contributed by atoms with Crippen molar-refractivity contribution in [1.82, 2.24) is 19.1 Å². The van der Waals surface area contributed by atoms with Crippen molar-refractivity contribution >= 4 is 33.4 Å². The second kappa shape index (κ2) is 9.06. The van der Waals surface area contributed by atoms with Crippen LogP contribution >= 0.6 is 11.8 Å². The standard InChI is InChI=1S/C18H25N5O3S2/c1-22-13-19-21-18(22)27-12-17(24)20-14-8-10-16(11-9-14)28(25,26)23(2)15-6-4-3-5-7-15/h8-11,13,15H,3-7,12H2,1-2H3,(H,20,24). The minimum atomic E-state index is -3.53. The van der Waals surface area contributed by atoms with Crippen LogP contribution in [0.3, 0.4) is 0 Å². The molecule has 0 aliphatic heterocycles. The highest BCUT2D eigenvalue weighted by Gasteiger charge is 2.28. The second-order valence-corrected chi connectivity index (χ2v) is 9.84. The third-order valence-corrected chi connectivity index (χ3v) is 7.86. The first kappa shape index (κ1) is 20.8. The van der Waals surface area contributed by atoms with E-state index in [-0.39, 0.29) is 22.6 Å². The number of aryl methyl sites for hydroxylation is 1. The van der Waals surface area contributed by atoms with E-state index in [2.05, 4.69) is 15.5 Å². The Bertz CT molecular complexity index is 906. The van der Waals surface area contributed by atoms with Gasteiger partial charge in [-0.3, -0.25) is 4.79 Å². The molecule has 1 N–H and O–H groups in total. The van der Waals surface area contributed by atoms with Crippen molar-refractivity contribution in [3.8, 4) is 0 Å². The summed E-state index contributed by atoms with van der Waals surface area (Å²) in [6.45, 7) is 0. The number of thioether (sulfide) groups is 1. The molecule has 0 bridgehead atoms. The molecule has 1 saturated carbocycles. The van der Waals surface area contributed by atoms with Gasteiger partial charge in [0.15, 0.2) is 5.16 Å². The quantitative estimate of drug-likeness (QED) is 0.687. The van der Waals surface area contributed by atoms with Crippen LogP contribution in [0.4, 0.5) is 5.69 Å². The fourth-order valence-electron chi connectivity index (χ4n) is 3.25. The average Bonchev–Trinajstić information content (AvgIpc) is 3.11. The molecule has 0 saturated heterocycles. The molecular formula is C18H25N5O3S2. The van der Waals surface area contributed by atoms with Gasteiger partial charge < -0.3 is 9.88 Å². The third-order valence-electron chi connectivity index (χ3n) is 4.91. The number of rotatable bonds is 7. The smallest absolute Gasteiger partial charge is 0.243 e. The molecule has 8 nitrogen and oxygen atoms in total. The van der Waals surface area contributed by atoms with Gasteiger partial charge in [0.1, 0.15) is 6.33 Å². The SMILES string of the molecule is CN(C1CCCCC1)S(=O)(=O)c1ccc(NC(=O)CSc2nncn2C)cc1. The lowest BCUT2D eigenvalue weighted by atomic mass is 9.96. The lowest BCUT2D eigenvalue weighted by molar-refractivity contribution is -0.113. The molecule has 0 radical (unpaired) electrons. The number of aromatic nitrogens is 3. The molecule has 10 heteroatoms. The van der Waals surface area contributed by atoms with Crippen molar-refractivity contribution in [3.63, 3.8) is 0 Å². The Morgan fingerprint density at radius 3 is 2.54 bits per heavy atom. The lowest BCUT2D eigenvalue weighted by Crippen LogP contribution is -2.38. The van der Waals surface area contributed by atoms with E-state index in [0.717, 1.165) is 25.7 Å². The highest BCUT2D eigenvalue weighted by molar-refractivity contribution is 7.99. The zero-order chi connectivity index (χ0) is 20.1. The van der Waals surface area contributed by atoms with Gasteiger partial charge in [-0.05, 0) is 37.1 Å². The normalized spacial score (nSPS) is 15.7. The maximum atomic E-state index is 12.9. The Kier molecular flexibility index (Phi) is 6.73. The van der Waals surface area contributed by atoms with Crippen LogP contribution in [0.1, 0.15) is 32.1 Å². The number of nitrogens with one attached hydrogen (secondary N) is 1. The van der Waals surface area contributed by atoms with Gasteiger partial charge in [0.2, 0.25) is 15.9 Å². The number of sulfonamides is 1. The van der Waals surface area contributed by atoms with E-state index in [1.807, 2.05) is 7.05 Å². The van der Waals surface area contributed by atoms with Gasteiger partial charge in [-0.1, -0.05) is 31.0 Å². The van der Waals surface area contributed by atoms with Crippen LogP contribution in [0.25, 0.3) is 0 Å². The van der Waals surface area contributed by atoms with Crippen LogP contribution in [0, 0.1) is 0 Å². The maximum Gasteiger partial charge on any atom is 0.243 e. The summed E-state index contributed by atoms with van der Waals surface area (Å²) in [4.78, 5) is 12.3. The Morgan fingerprint density at radius 1 is 1.25 bits per heavy atom. The first-order chi connectivity index (χ1) is 13.4. The zero-order valence-corrected chi connectivity index (χ0v) is 17.7. The molecule has 1 aromatic heterocycles. The van der Waals surface area contributed by atoms with Crippen LogP contribution < -0.4 is 5.32 Å². The van der Waals surface area contributed by atoms with Crippen LogP contribution in [-0.2, 0) is 21.9 Å². The second-order valence-electron chi connectivity index (χ2n) is 6.90. The summed E-state index contributed by atoms with van der Waals surface area (Å²) in [6, 6.07) is 6.38. The number of benzene rings is 1. The van der Waals surface area contributed by atoms with E-state index >= 15 is 0 Å². The first-order valence-electron chi connectivity index (χ1n) is 9.22. The Hall–Kier alpha value is -1.91. The summed E-state index contributed by atoms with van der Waals surface area (Å²) >= 11 is 1.28. The summed E-state index contributed by atoms with van der Waals surface area (Å²) in [5, 5.41) is 11.1. The van der Waals surface area contributed by atoms with Crippen molar-refractivity contribution in [1.29, 1.82) is 0 Å². The molecule has 1 aliphatic rings. The Labute approximate surface area is 169 Å². The molecule has 28 heavy (non-hydrogen) atoms. The number of carbonyl (C=O) groups is 1. The fourth-order valence-corrected chi connectivity index (χ4v) is 5.35. The van der Waals surface area contributed by atoms with E-state index < -0.39 is 10.0 Å². The number of amides is 1. The minimum absolute atomic E-state index is 0.0655. The molecule has 1 heterocycles. The van der Waals surface area contributed by atoms with E-state index in [1.54, 1.807) is 42.2 Å². The highest BCUT2D eigenvalue weighted by Crippen LogP contribution is 2.27. The van der Waals surface area contributed by atoms with Gasteiger partial charge in [-0.15, -0.1) is 10.2 Å². The molecule has 1 fully saturated rings. The number of carbonyl (C=O) groups excluding carboxylic acids is 1. The predicted octanol–water partition coefficient (Wildman–Crippen LogP) is 2.50. The zero-order valence-electron chi connectivity index (χ0n) is 16.0. The van der Waals surface area contributed by atoms with Crippen LogP contribution in [-0.4, -0.2) is 52.2 Å². The number of hydrogen-bond acceptors (Lipinski definition) is 6. The van der Waals surface area contributed by atoms with Crippen LogP contribution in [0.15, 0.2) is 40.6 Å². The highest BCUT2D eigenvalue weighted by atomic mass is 32.2. The van der Waals surface area contributed by atoms with Gasteiger partial charge in [0.25, 0.3) is 0 Å². The summed E-state index contributed by atoms with van der Waals surface area (Å²) in [5.74, 6) is -0.000261. The maximum absolute atomic E-state index is 12.9. The molecule has 152 valence electrons. The van der Waals surface area contributed by atoms with Crippen molar-refractivity contribution in [2.45, 2.75) is 48.2 Å². The fraction of sp³-hybridized carbons (Fsp3) is 0.500. The van der Waals surface area contributed by atoms with Gasteiger partial charge in [0.05, 0.1) is 10.6 Å². The van der Waals surface area contributed by atoms with Crippen LogP contribution in [0.2, 0.25) is 0 Å². The Morgan fingerprint density at radius 2 is 1.93 bits per heavy atom. The molecule has 1 amide bonds. The first-order valence-corrected chi connectivity index (χ1v) is 11.7. The summed E-state index contributed by atoms with van der Waals surface area (Å²) in [7, 11) is -0.0632. The number of hydrogen-bond donors (Lipinski definition) is 1. The van der Waals surface area contributed by atoms with Crippen molar-refractivity contribution in [2.24, 2.45) is 7.05 Å². The molecule has 0 atom stereocenters. The van der Waals surface area contributed by atoms with E-state index in [9.17, 15) is 13.2 Å². The van der Waals surface area contributed by atoms with Gasteiger partial charge in [-0.25, -0.2) is 8.42 Å². The third kappa shape index (κ3) is 4.92. The molecule has 3 rings (SSSR count). The number of nitrogens with zero attached hydrogens (tertiary/aromatic N) is 4. The molecule has 0 unspecified atom stereocenters. The molecule has 1 aliphatic carbocycles. The van der Waals surface area contributed by atoms with E-state index in [1.165, 1.54) is 22.5 Å². The van der Waals surface area contributed by atoms with E-state index in [4.69, 9.17) is 0 Å². The van der Waals surface area contributed by atoms with E-state index in [0.29, 0.717) is 10.8 Å². The molecule has 1 aromatic carbocycles. The molecule has 2 aromatic rings. The van der Waals surface area contributed by atoms with Crippen molar-refractivity contribution in [2.75, 3.05) is 18.1 Å². The molecular weight excluding hydrogens is 398 g/mol. The van der Waals surface area contributed by atoms with Gasteiger partial charge in [-0.2, -0.15) is 4.31 Å². The van der Waals surface area contributed by atoms with Gasteiger partial charge in [0, 0.05) is 25.8 Å².